The van der Waals surface area contributed by atoms with Crippen LogP contribution in [0.1, 0.15) is 16.1 Å². The van der Waals surface area contributed by atoms with Gasteiger partial charge in [0.05, 0.1) is 5.39 Å². The molecule has 0 fully saturated rings. The first-order chi connectivity index (χ1) is 10.7. The van der Waals surface area contributed by atoms with E-state index in [1.807, 2.05) is 30.3 Å². The van der Waals surface area contributed by atoms with Crippen molar-refractivity contribution in [1.82, 2.24) is 0 Å². The van der Waals surface area contributed by atoms with Gasteiger partial charge < -0.3 is 14.3 Å². The Kier molecular flexibility index (Phi) is 3.62. The van der Waals surface area contributed by atoms with Crippen LogP contribution in [0.3, 0.4) is 0 Å². The average molecular weight is 296 g/mol. The number of carbonyl (C=O) groups is 1. The van der Waals surface area contributed by atoms with E-state index in [2.05, 4.69) is 0 Å². The van der Waals surface area contributed by atoms with Gasteiger partial charge in [0, 0.05) is 0 Å². The van der Waals surface area contributed by atoms with Crippen LogP contribution in [0.4, 0.5) is 0 Å². The van der Waals surface area contributed by atoms with Crippen molar-refractivity contribution < 1.29 is 19.1 Å². The Morgan fingerprint density at radius 3 is 2.45 bits per heavy atom. The first-order valence-corrected chi connectivity index (χ1v) is 6.62. The number of benzene rings is 2. The first-order valence-electron chi connectivity index (χ1n) is 6.62. The summed E-state index contributed by atoms with van der Waals surface area (Å²) in [4.78, 5) is 23.7. The lowest BCUT2D eigenvalue weighted by atomic mass is 10.2. The highest BCUT2D eigenvalue weighted by molar-refractivity contribution is 5.91. The Morgan fingerprint density at radius 2 is 1.73 bits per heavy atom. The van der Waals surface area contributed by atoms with Crippen molar-refractivity contribution in [2.24, 2.45) is 0 Å². The van der Waals surface area contributed by atoms with Crippen molar-refractivity contribution in [1.29, 1.82) is 0 Å². The zero-order valence-corrected chi connectivity index (χ0v) is 11.5. The molecule has 22 heavy (non-hydrogen) atoms. The van der Waals surface area contributed by atoms with E-state index in [1.54, 1.807) is 24.3 Å². The minimum atomic E-state index is -1.34. The fourth-order valence-electron chi connectivity index (χ4n) is 2.13. The molecule has 5 nitrogen and oxygen atoms in total. The largest absolute Gasteiger partial charge is 0.481 e. The van der Waals surface area contributed by atoms with Crippen LogP contribution in [0.25, 0.3) is 11.0 Å². The van der Waals surface area contributed by atoms with Crippen molar-refractivity contribution >= 4 is 16.9 Å². The molecule has 1 heterocycles. The molecule has 110 valence electrons. The van der Waals surface area contributed by atoms with Crippen molar-refractivity contribution in [2.45, 2.75) is 6.61 Å². The van der Waals surface area contributed by atoms with E-state index in [4.69, 9.17) is 9.15 Å². The highest BCUT2D eigenvalue weighted by Crippen LogP contribution is 2.21. The SMILES string of the molecule is O=C(O)c1oc2ccccc2c(=O)c1OCc1ccccc1. The van der Waals surface area contributed by atoms with E-state index in [9.17, 15) is 14.7 Å². The Labute approximate surface area is 125 Å². The summed E-state index contributed by atoms with van der Waals surface area (Å²) < 4.78 is 10.7. The molecule has 0 spiro atoms. The molecule has 2 aromatic carbocycles. The number of carboxylic acids is 1. The fourth-order valence-corrected chi connectivity index (χ4v) is 2.13. The number of ether oxygens (including phenoxy) is 1. The van der Waals surface area contributed by atoms with Crippen LogP contribution >= 0.6 is 0 Å². The predicted octanol–water partition coefficient (Wildman–Crippen LogP) is 3.07. The minimum Gasteiger partial charge on any atom is -0.481 e. The van der Waals surface area contributed by atoms with Crippen molar-refractivity contribution in [3.8, 4) is 5.75 Å². The Morgan fingerprint density at radius 1 is 1.05 bits per heavy atom. The summed E-state index contributed by atoms with van der Waals surface area (Å²) in [6.45, 7) is 0.0875. The van der Waals surface area contributed by atoms with Gasteiger partial charge in [-0.15, -0.1) is 0 Å². The van der Waals surface area contributed by atoms with Crippen LogP contribution in [0.5, 0.6) is 5.75 Å². The summed E-state index contributed by atoms with van der Waals surface area (Å²) in [5, 5.41) is 9.52. The topological polar surface area (TPSA) is 76.7 Å². The molecule has 3 rings (SSSR count). The molecule has 3 aromatic rings. The second-order valence-corrected chi connectivity index (χ2v) is 4.67. The second kappa shape index (κ2) is 5.73. The van der Waals surface area contributed by atoms with Crippen LogP contribution < -0.4 is 10.2 Å². The van der Waals surface area contributed by atoms with Crippen LogP contribution in [0, 0.1) is 0 Å². The van der Waals surface area contributed by atoms with Crippen molar-refractivity contribution in [3.63, 3.8) is 0 Å². The van der Waals surface area contributed by atoms with Gasteiger partial charge in [-0.3, -0.25) is 4.79 Å². The number of hydrogen-bond donors (Lipinski definition) is 1. The van der Waals surface area contributed by atoms with E-state index >= 15 is 0 Å². The van der Waals surface area contributed by atoms with Crippen LogP contribution in [-0.2, 0) is 6.61 Å². The molecule has 0 aliphatic heterocycles. The molecule has 1 aromatic heterocycles. The second-order valence-electron chi connectivity index (χ2n) is 4.67. The molecule has 1 N–H and O–H groups in total. The molecule has 0 aliphatic carbocycles. The van der Waals surface area contributed by atoms with E-state index in [0.29, 0.717) is 0 Å². The molecule has 0 aliphatic rings. The summed E-state index contributed by atoms with van der Waals surface area (Å²) in [5.41, 5.74) is 0.554. The maximum Gasteiger partial charge on any atom is 0.375 e. The van der Waals surface area contributed by atoms with E-state index < -0.39 is 17.2 Å². The van der Waals surface area contributed by atoms with Crippen LogP contribution in [-0.4, -0.2) is 11.1 Å². The van der Waals surface area contributed by atoms with Crippen molar-refractivity contribution in [2.75, 3.05) is 0 Å². The quantitative estimate of drug-likeness (QED) is 0.800. The predicted molar refractivity (Wildman–Crippen MR) is 80.2 cm³/mol. The van der Waals surface area contributed by atoms with Gasteiger partial charge in [-0.25, -0.2) is 4.79 Å². The molecule has 0 amide bonds. The molecule has 0 saturated carbocycles. The molecule has 0 saturated heterocycles. The summed E-state index contributed by atoms with van der Waals surface area (Å²) in [6, 6.07) is 15.6. The average Bonchev–Trinajstić information content (AvgIpc) is 2.54. The Balaban J connectivity index is 2.07. The van der Waals surface area contributed by atoms with Gasteiger partial charge in [-0.1, -0.05) is 42.5 Å². The highest BCUT2D eigenvalue weighted by Gasteiger charge is 2.21. The van der Waals surface area contributed by atoms with Crippen molar-refractivity contribution in [3.05, 3.63) is 76.1 Å². The summed E-state index contributed by atoms with van der Waals surface area (Å²) in [7, 11) is 0. The van der Waals surface area contributed by atoms with Gasteiger partial charge in [0.25, 0.3) is 5.76 Å². The zero-order chi connectivity index (χ0) is 15.5. The lowest BCUT2D eigenvalue weighted by molar-refractivity contribution is 0.0654. The monoisotopic (exact) mass is 296 g/mol. The van der Waals surface area contributed by atoms with Crippen LogP contribution in [0.15, 0.2) is 63.8 Å². The van der Waals surface area contributed by atoms with Gasteiger partial charge in [0.1, 0.15) is 12.2 Å². The molecular formula is C17H12O5. The molecule has 5 heteroatoms. The highest BCUT2D eigenvalue weighted by atomic mass is 16.5. The van der Waals surface area contributed by atoms with E-state index in [0.717, 1.165) is 5.56 Å². The third-order valence-corrected chi connectivity index (χ3v) is 3.18. The van der Waals surface area contributed by atoms with E-state index in [-0.39, 0.29) is 23.3 Å². The number of fused-ring (bicyclic) bond motifs is 1. The number of para-hydroxylation sites is 1. The van der Waals surface area contributed by atoms with E-state index in [1.165, 1.54) is 0 Å². The third-order valence-electron chi connectivity index (χ3n) is 3.18. The number of carboxylic acid groups (broad SMARTS) is 1. The molecular weight excluding hydrogens is 284 g/mol. The van der Waals surface area contributed by atoms with Crippen LogP contribution in [0.2, 0.25) is 0 Å². The number of rotatable bonds is 4. The standard InChI is InChI=1S/C17H12O5/c18-14-12-8-4-5-9-13(12)22-16(17(19)20)15(14)21-10-11-6-2-1-3-7-11/h1-9H,10H2,(H,19,20). The summed E-state index contributed by atoms with van der Waals surface area (Å²) in [6.07, 6.45) is 0. The fraction of sp³-hybridized carbons (Fsp3) is 0.0588. The summed E-state index contributed by atoms with van der Waals surface area (Å²) >= 11 is 0. The number of hydrogen-bond acceptors (Lipinski definition) is 4. The van der Waals surface area contributed by atoms with Gasteiger partial charge in [-0.2, -0.15) is 0 Å². The van der Waals surface area contributed by atoms with Gasteiger partial charge >= 0.3 is 5.97 Å². The zero-order valence-electron chi connectivity index (χ0n) is 11.5. The minimum absolute atomic E-state index is 0.0875. The lowest BCUT2D eigenvalue weighted by Gasteiger charge is -2.09. The molecule has 0 radical (unpaired) electrons. The normalized spacial score (nSPS) is 10.5. The summed E-state index contributed by atoms with van der Waals surface area (Å²) in [5.74, 6) is -2.11. The first kappa shape index (κ1) is 13.9. The number of aromatic carboxylic acids is 1. The smallest absolute Gasteiger partial charge is 0.375 e. The third kappa shape index (κ3) is 2.56. The van der Waals surface area contributed by atoms with Gasteiger partial charge in [0.2, 0.25) is 11.2 Å². The lowest BCUT2D eigenvalue weighted by Crippen LogP contribution is -2.14. The Bertz CT molecular complexity index is 880. The molecule has 0 atom stereocenters. The molecule has 0 unspecified atom stereocenters. The van der Waals surface area contributed by atoms with Gasteiger partial charge in [0.15, 0.2) is 0 Å². The Hall–Kier alpha value is -3.08. The molecule has 0 bridgehead atoms. The maximum atomic E-state index is 12.4. The maximum absolute atomic E-state index is 12.4. The van der Waals surface area contributed by atoms with Gasteiger partial charge in [-0.05, 0) is 17.7 Å².